The second-order valence-electron chi connectivity index (χ2n) is 4.75. The molecule has 2 saturated heterocycles. The molecule has 0 aromatic rings. The number of nitrogens with two attached hydrogens (primary N) is 1. The van der Waals surface area contributed by atoms with E-state index >= 15 is 0 Å². The molecule has 3 nitrogen and oxygen atoms in total. The highest BCUT2D eigenvalue weighted by Crippen LogP contribution is 2.21. The summed E-state index contributed by atoms with van der Waals surface area (Å²) >= 11 is 0. The maximum Gasteiger partial charge on any atom is 0.0297 e. The molecule has 0 amide bonds. The molecule has 0 bridgehead atoms. The van der Waals surface area contributed by atoms with Gasteiger partial charge in [0.1, 0.15) is 0 Å². The van der Waals surface area contributed by atoms with Crippen molar-refractivity contribution in [1.29, 1.82) is 0 Å². The molecule has 1 unspecified atom stereocenters. The van der Waals surface area contributed by atoms with Crippen LogP contribution in [0.1, 0.15) is 20.3 Å². The van der Waals surface area contributed by atoms with Crippen molar-refractivity contribution in [3.05, 3.63) is 0 Å². The first-order valence-corrected chi connectivity index (χ1v) is 5.40. The second kappa shape index (κ2) is 3.56. The Labute approximate surface area is 80.9 Å². The highest BCUT2D eigenvalue weighted by Gasteiger charge is 2.34. The molecule has 0 aromatic heterocycles. The summed E-state index contributed by atoms with van der Waals surface area (Å²) in [7, 11) is 0. The minimum atomic E-state index is 0.452. The van der Waals surface area contributed by atoms with Crippen LogP contribution >= 0.6 is 0 Å². The SMILES string of the molecule is CC(C)N1CCC(N2CC(N)C2)C1. The minimum Gasteiger partial charge on any atom is -0.325 e. The van der Waals surface area contributed by atoms with E-state index in [4.69, 9.17) is 5.73 Å². The maximum atomic E-state index is 5.78. The third kappa shape index (κ3) is 1.87. The summed E-state index contributed by atoms with van der Waals surface area (Å²) in [5.41, 5.74) is 5.78. The van der Waals surface area contributed by atoms with Crippen LogP contribution in [0.5, 0.6) is 0 Å². The van der Waals surface area contributed by atoms with Gasteiger partial charge < -0.3 is 5.73 Å². The molecular formula is C10H21N3. The quantitative estimate of drug-likeness (QED) is 0.659. The van der Waals surface area contributed by atoms with Gasteiger partial charge in [-0.25, -0.2) is 0 Å². The lowest BCUT2D eigenvalue weighted by Crippen LogP contribution is -2.59. The highest BCUT2D eigenvalue weighted by atomic mass is 15.3. The van der Waals surface area contributed by atoms with Gasteiger partial charge in [-0.1, -0.05) is 0 Å². The lowest BCUT2D eigenvalue weighted by Gasteiger charge is -2.41. The zero-order chi connectivity index (χ0) is 9.42. The molecule has 0 spiro atoms. The van der Waals surface area contributed by atoms with Gasteiger partial charge in [-0.3, -0.25) is 9.80 Å². The topological polar surface area (TPSA) is 32.5 Å². The second-order valence-corrected chi connectivity index (χ2v) is 4.75. The number of rotatable bonds is 2. The van der Waals surface area contributed by atoms with Crippen LogP contribution in [0.3, 0.4) is 0 Å². The minimum absolute atomic E-state index is 0.452. The van der Waals surface area contributed by atoms with Crippen molar-refractivity contribution in [2.45, 2.75) is 38.4 Å². The molecule has 2 rings (SSSR count). The molecule has 2 fully saturated rings. The molecule has 13 heavy (non-hydrogen) atoms. The van der Waals surface area contributed by atoms with E-state index in [1.54, 1.807) is 0 Å². The van der Waals surface area contributed by atoms with Crippen LogP contribution in [0, 0.1) is 0 Å². The Kier molecular flexibility index (Phi) is 2.58. The van der Waals surface area contributed by atoms with Crippen LogP contribution in [-0.4, -0.2) is 54.1 Å². The van der Waals surface area contributed by atoms with E-state index in [1.165, 1.54) is 19.5 Å². The Bertz CT molecular complexity index is 175. The zero-order valence-corrected chi connectivity index (χ0v) is 8.74. The molecule has 1 atom stereocenters. The lowest BCUT2D eigenvalue weighted by atomic mass is 10.1. The van der Waals surface area contributed by atoms with Crippen molar-refractivity contribution in [1.82, 2.24) is 9.80 Å². The highest BCUT2D eigenvalue weighted by molar-refractivity contribution is 4.93. The van der Waals surface area contributed by atoms with E-state index in [0.29, 0.717) is 12.1 Å². The molecule has 0 saturated carbocycles. The van der Waals surface area contributed by atoms with Gasteiger partial charge in [0.25, 0.3) is 0 Å². The van der Waals surface area contributed by atoms with E-state index in [-0.39, 0.29) is 0 Å². The van der Waals surface area contributed by atoms with Crippen molar-refractivity contribution in [3.8, 4) is 0 Å². The van der Waals surface area contributed by atoms with Gasteiger partial charge in [0, 0.05) is 44.3 Å². The summed E-state index contributed by atoms with van der Waals surface area (Å²) < 4.78 is 0. The summed E-state index contributed by atoms with van der Waals surface area (Å²) in [6.45, 7) is 9.33. The van der Waals surface area contributed by atoms with E-state index in [2.05, 4.69) is 23.6 Å². The predicted octanol–water partition coefficient (Wildman–Crippen LogP) is 0.112. The summed E-state index contributed by atoms with van der Waals surface area (Å²) in [6, 6.07) is 1.95. The van der Waals surface area contributed by atoms with Crippen LogP contribution in [0.2, 0.25) is 0 Å². The van der Waals surface area contributed by atoms with Crippen molar-refractivity contribution in [3.63, 3.8) is 0 Å². The Balaban J connectivity index is 1.78. The molecule has 76 valence electrons. The maximum absolute atomic E-state index is 5.78. The zero-order valence-electron chi connectivity index (χ0n) is 8.74. The molecule has 3 heteroatoms. The van der Waals surface area contributed by atoms with Crippen LogP contribution in [0.4, 0.5) is 0 Å². The summed E-state index contributed by atoms with van der Waals surface area (Å²) in [5, 5.41) is 0. The van der Waals surface area contributed by atoms with Gasteiger partial charge in [0.2, 0.25) is 0 Å². The van der Waals surface area contributed by atoms with Crippen molar-refractivity contribution < 1.29 is 0 Å². The normalized spacial score (nSPS) is 32.8. The number of nitrogens with zero attached hydrogens (tertiary/aromatic N) is 2. The Morgan fingerprint density at radius 1 is 1.23 bits per heavy atom. The smallest absolute Gasteiger partial charge is 0.0297 e. The first kappa shape index (κ1) is 9.44. The van der Waals surface area contributed by atoms with Crippen LogP contribution < -0.4 is 5.73 Å². The Hall–Kier alpha value is -0.120. The van der Waals surface area contributed by atoms with Crippen molar-refractivity contribution in [2.24, 2.45) is 5.73 Å². The van der Waals surface area contributed by atoms with Gasteiger partial charge in [0.05, 0.1) is 0 Å². The van der Waals surface area contributed by atoms with Crippen LogP contribution in [0.25, 0.3) is 0 Å². The van der Waals surface area contributed by atoms with Crippen LogP contribution in [0.15, 0.2) is 0 Å². The average Bonchev–Trinajstić information content (AvgIpc) is 2.46. The lowest BCUT2D eigenvalue weighted by molar-refractivity contribution is 0.0940. The summed E-state index contributed by atoms with van der Waals surface area (Å²) in [4.78, 5) is 5.10. The molecule has 2 aliphatic heterocycles. The first-order chi connectivity index (χ1) is 6.16. The average molecular weight is 183 g/mol. The van der Waals surface area contributed by atoms with E-state index in [0.717, 1.165) is 19.1 Å². The Morgan fingerprint density at radius 2 is 1.92 bits per heavy atom. The van der Waals surface area contributed by atoms with Gasteiger partial charge in [-0.15, -0.1) is 0 Å². The standard InChI is InChI=1S/C10H21N3/c1-8(2)12-4-3-10(7-12)13-5-9(11)6-13/h8-10H,3-7,11H2,1-2H3. The van der Waals surface area contributed by atoms with E-state index in [9.17, 15) is 0 Å². The summed E-state index contributed by atoms with van der Waals surface area (Å²) in [6.07, 6.45) is 1.34. The molecule has 0 aliphatic carbocycles. The van der Waals surface area contributed by atoms with Gasteiger partial charge in [0.15, 0.2) is 0 Å². The molecule has 2 N–H and O–H groups in total. The van der Waals surface area contributed by atoms with Crippen molar-refractivity contribution >= 4 is 0 Å². The molecular weight excluding hydrogens is 162 g/mol. The van der Waals surface area contributed by atoms with Gasteiger partial charge in [-0.2, -0.15) is 0 Å². The van der Waals surface area contributed by atoms with Gasteiger partial charge in [-0.05, 0) is 20.3 Å². The number of hydrogen-bond donors (Lipinski definition) is 1. The van der Waals surface area contributed by atoms with Gasteiger partial charge >= 0.3 is 0 Å². The number of hydrogen-bond acceptors (Lipinski definition) is 3. The van der Waals surface area contributed by atoms with Crippen LogP contribution in [-0.2, 0) is 0 Å². The Morgan fingerprint density at radius 3 is 2.38 bits per heavy atom. The van der Waals surface area contributed by atoms with E-state index in [1.807, 2.05) is 0 Å². The fourth-order valence-corrected chi connectivity index (χ4v) is 2.38. The predicted molar refractivity (Wildman–Crippen MR) is 54.7 cm³/mol. The largest absolute Gasteiger partial charge is 0.325 e. The molecule has 2 aliphatic rings. The summed E-state index contributed by atoms with van der Waals surface area (Å²) in [5.74, 6) is 0. The monoisotopic (exact) mass is 183 g/mol. The van der Waals surface area contributed by atoms with E-state index < -0.39 is 0 Å². The molecule has 0 radical (unpaired) electrons. The third-order valence-corrected chi connectivity index (χ3v) is 3.38. The number of likely N-dealkylation sites (tertiary alicyclic amines) is 2. The molecule has 0 aromatic carbocycles. The van der Waals surface area contributed by atoms with Crippen molar-refractivity contribution in [2.75, 3.05) is 26.2 Å². The fraction of sp³-hybridized carbons (Fsp3) is 1.00. The first-order valence-electron chi connectivity index (χ1n) is 5.40. The third-order valence-electron chi connectivity index (χ3n) is 3.38. The molecule has 2 heterocycles. The fourth-order valence-electron chi connectivity index (χ4n) is 2.38.